The van der Waals surface area contributed by atoms with Gasteiger partial charge in [0, 0.05) is 0 Å². The molecule has 0 saturated carbocycles. The van der Waals surface area contributed by atoms with Gasteiger partial charge in [0.15, 0.2) is 17.7 Å². The highest BCUT2D eigenvalue weighted by molar-refractivity contribution is 6.28. The number of aromatic nitrogens is 4. The van der Waals surface area contributed by atoms with E-state index in [1.54, 1.807) is 0 Å². The summed E-state index contributed by atoms with van der Waals surface area (Å²) in [6, 6.07) is 0. The maximum atomic E-state index is 9.99. The second kappa shape index (κ2) is 4.79. The predicted molar refractivity (Wildman–Crippen MR) is 67.8 cm³/mol. The summed E-state index contributed by atoms with van der Waals surface area (Å²) in [7, 11) is 0. The van der Waals surface area contributed by atoms with E-state index in [2.05, 4.69) is 15.0 Å². The Balaban J connectivity index is 2.07. The molecule has 20 heavy (non-hydrogen) atoms. The Hall–Kier alpha value is -1.52. The van der Waals surface area contributed by atoms with Crippen LogP contribution in [0.2, 0.25) is 5.28 Å². The van der Waals surface area contributed by atoms with Crippen molar-refractivity contribution in [1.82, 2.24) is 19.5 Å². The fourth-order valence-electron chi connectivity index (χ4n) is 2.21. The first-order chi connectivity index (χ1) is 9.52. The molecule has 0 aromatic carbocycles. The van der Waals surface area contributed by atoms with Gasteiger partial charge in [-0.3, -0.25) is 4.57 Å². The summed E-state index contributed by atoms with van der Waals surface area (Å²) in [4.78, 5) is 11.8. The molecule has 0 spiro atoms. The quantitative estimate of drug-likeness (QED) is 0.500. The Bertz CT molecular complexity index is 650. The van der Waals surface area contributed by atoms with Crippen molar-refractivity contribution in [3.8, 4) is 0 Å². The van der Waals surface area contributed by atoms with Gasteiger partial charge in [-0.2, -0.15) is 9.97 Å². The van der Waals surface area contributed by atoms with Gasteiger partial charge in [0.25, 0.3) is 0 Å². The monoisotopic (exact) mass is 301 g/mol. The molecule has 2 aromatic heterocycles. The van der Waals surface area contributed by atoms with E-state index in [-0.39, 0.29) is 16.7 Å². The number of hydrogen-bond acceptors (Lipinski definition) is 8. The minimum absolute atomic E-state index is 0.0662. The fraction of sp³-hybridized carbons (Fsp3) is 0.500. The normalized spacial score (nSPS) is 30.2. The van der Waals surface area contributed by atoms with E-state index in [0.29, 0.717) is 5.52 Å². The standard InChI is InChI=1S/C10H12ClN5O4/c11-10-14-7(12)4-8(15-10)16(2-13-4)9-6(19)5(18)3(1-17)20-9/h2-3,5-6,9,17-19H,1H2,(H2,12,14,15)/t3-,5-,6+,9-/m0/s1. The number of nitrogens with two attached hydrogens (primary N) is 1. The number of anilines is 1. The second-order valence-corrected chi connectivity index (χ2v) is 4.77. The molecular weight excluding hydrogens is 290 g/mol. The van der Waals surface area contributed by atoms with Gasteiger partial charge >= 0.3 is 0 Å². The third kappa shape index (κ3) is 1.91. The molecule has 3 rings (SSSR count). The van der Waals surface area contributed by atoms with Crippen molar-refractivity contribution in [1.29, 1.82) is 0 Å². The van der Waals surface area contributed by atoms with Crippen LogP contribution in [0.4, 0.5) is 5.82 Å². The SMILES string of the molecule is Nc1nc(Cl)nc2c1ncn2[C@H]1O[C@@H](CO)[C@H](O)[C@H]1O. The summed E-state index contributed by atoms with van der Waals surface area (Å²) in [5, 5.41) is 28.8. The molecule has 0 bridgehead atoms. The molecule has 9 nitrogen and oxygen atoms in total. The smallest absolute Gasteiger partial charge is 0.226 e. The number of fused-ring (bicyclic) bond motifs is 1. The van der Waals surface area contributed by atoms with Gasteiger partial charge < -0.3 is 25.8 Å². The maximum Gasteiger partial charge on any atom is 0.226 e. The number of nitrogen functional groups attached to an aromatic ring is 1. The molecule has 4 atom stereocenters. The number of aliphatic hydroxyl groups excluding tert-OH is 3. The Kier molecular flexibility index (Phi) is 3.22. The molecule has 1 fully saturated rings. The van der Waals surface area contributed by atoms with Crippen LogP contribution in [-0.4, -0.2) is 59.8 Å². The average molecular weight is 302 g/mol. The topological polar surface area (TPSA) is 140 Å². The molecular formula is C10H12ClN5O4. The van der Waals surface area contributed by atoms with Crippen molar-refractivity contribution >= 4 is 28.6 Å². The second-order valence-electron chi connectivity index (χ2n) is 4.43. The molecule has 0 radical (unpaired) electrons. The van der Waals surface area contributed by atoms with Crippen LogP contribution in [-0.2, 0) is 4.74 Å². The first kappa shape index (κ1) is 13.5. The summed E-state index contributed by atoms with van der Waals surface area (Å²) in [6.45, 7) is -0.417. The summed E-state index contributed by atoms with van der Waals surface area (Å²) < 4.78 is 6.79. The Labute approximate surface area is 117 Å². The third-order valence-corrected chi connectivity index (χ3v) is 3.38. The van der Waals surface area contributed by atoms with Crippen LogP contribution in [0.5, 0.6) is 0 Å². The third-order valence-electron chi connectivity index (χ3n) is 3.21. The number of aliphatic hydroxyl groups is 3. The summed E-state index contributed by atoms with van der Waals surface area (Å²) in [5.41, 5.74) is 6.27. The van der Waals surface area contributed by atoms with E-state index in [4.69, 9.17) is 27.2 Å². The zero-order valence-corrected chi connectivity index (χ0v) is 10.8. The Morgan fingerprint density at radius 2 is 2.10 bits per heavy atom. The first-order valence-electron chi connectivity index (χ1n) is 5.81. The van der Waals surface area contributed by atoms with Gasteiger partial charge in [0.05, 0.1) is 12.9 Å². The Morgan fingerprint density at radius 1 is 1.35 bits per heavy atom. The van der Waals surface area contributed by atoms with Crippen LogP contribution in [0, 0.1) is 0 Å². The van der Waals surface area contributed by atoms with Crippen molar-refractivity contribution in [2.75, 3.05) is 12.3 Å². The maximum absolute atomic E-state index is 9.99. The zero-order valence-electron chi connectivity index (χ0n) is 10.1. The van der Waals surface area contributed by atoms with Crippen molar-refractivity contribution in [2.24, 2.45) is 0 Å². The highest BCUT2D eigenvalue weighted by Crippen LogP contribution is 2.32. The predicted octanol–water partition coefficient (Wildman–Crippen LogP) is -1.33. The van der Waals surface area contributed by atoms with Crippen LogP contribution in [0.15, 0.2) is 6.33 Å². The minimum atomic E-state index is -1.24. The summed E-state index contributed by atoms with van der Waals surface area (Å²) in [6.07, 6.45) is -2.93. The van der Waals surface area contributed by atoms with Crippen molar-refractivity contribution < 1.29 is 20.1 Å². The highest BCUT2D eigenvalue weighted by Gasteiger charge is 2.44. The largest absolute Gasteiger partial charge is 0.394 e. The number of hydrogen-bond donors (Lipinski definition) is 4. The summed E-state index contributed by atoms with van der Waals surface area (Å²) >= 11 is 5.74. The highest BCUT2D eigenvalue weighted by atomic mass is 35.5. The van der Waals surface area contributed by atoms with Crippen molar-refractivity contribution in [3.05, 3.63) is 11.6 Å². The lowest BCUT2D eigenvalue weighted by molar-refractivity contribution is -0.0511. The number of rotatable bonds is 2. The van der Waals surface area contributed by atoms with E-state index in [1.165, 1.54) is 10.9 Å². The average Bonchev–Trinajstić information content (AvgIpc) is 2.93. The number of halogens is 1. The molecule has 0 aliphatic carbocycles. The van der Waals surface area contributed by atoms with Crippen molar-refractivity contribution in [3.63, 3.8) is 0 Å². The van der Waals surface area contributed by atoms with Crippen molar-refractivity contribution in [2.45, 2.75) is 24.5 Å². The van der Waals surface area contributed by atoms with Gasteiger partial charge in [0.1, 0.15) is 23.8 Å². The molecule has 0 amide bonds. The van der Waals surface area contributed by atoms with E-state index in [9.17, 15) is 10.2 Å². The number of nitrogens with zero attached hydrogens (tertiary/aromatic N) is 4. The van der Waals surface area contributed by atoms with Crippen LogP contribution >= 0.6 is 11.6 Å². The molecule has 0 unspecified atom stereocenters. The lowest BCUT2D eigenvalue weighted by atomic mass is 10.1. The van der Waals surface area contributed by atoms with Crippen LogP contribution in [0.25, 0.3) is 11.2 Å². The van der Waals surface area contributed by atoms with Gasteiger partial charge in [-0.1, -0.05) is 0 Å². The first-order valence-corrected chi connectivity index (χ1v) is 6.18. The van der Waals surface area contributed by atoms with Gasteiger partial charge in [-0.25, -0.2) is 4.98 Å². The zero-order chi connectivity index (χ0) is 14.4. The fourth-order valence-corrected chi connectivity index (χ4v) is 2.38. The number of ether oxygens (including phenoxy) is 1. The lowest BCUT2D eigenvalue weighted by Gasteiger charge is -2.16. The minimum Gasteiger partial charge on any atom is -0.394 e. The molecule has 1 aliphatic heterocycles. The molecule has 2 aromatic rings. The number of imidazole rings is 1. The van der Waals surface area contributed by atoms with Crippen LogP contribution in [0.3, 0.4) is 0 Å². The summed E-state index contributed by atoms with van der Waals surface area (Å²) in [5.74, 6) is 0.102. The van der Waals surface area contributed by atoms with Gasteiger partial charge in [-0.15, -0.1) is 0 Å². The van der Waals surface area contributed by atoms with Gasteiger partial charge in [0.2, 0.25) is 5.28 Å². The van der Waals surface area contributed by atoms with E-state index >= 15 is 0 Å². The lowest BCUT2D eigenvalue weighted by Crippen LogP contribution is -2.33. The van der Waals surface area contributed by atoms with E-state index in [0.717, 1.165) is 0 Å². The molecule has 1 aliphatic rings. The van der Waals surface area contributed by atoms with E-state index in [1.807, 2.05) is 0 Å². The molecule has 3 heterocycles. The van der Waals surface area contributed by atoms with Gasteiger partial charge in [-0.05, 0) is 11.6 Å². The molecule has 10 heteroatoms. The van der Waals surface area contributed by atoms with E-state index < -0.39 is 31.1 Å². The van der Waals surface area contributed by atoms with Crippen LogP contribution < -0.4 is 5.73 Å². The molecule has 1 saturated heterocycles. The molecule has 108 valence electrons. The Morgan fingerprint density at radius 3 is 2.75 bits per heavy atom. The molecule has 5 N–H and O–H groups in total. The van der Waals surface area contributed by atoms with Crippen LogP contribution in [0.1, 0.15) is 6.23 Å².